The quantitative estimate of drug-likeness (QED) is 0.134. The fraction of sp³-hybridized carbons (Fsp3) is 0.444. The molecule has 1 aromatic carbocycles. The van der Waals surface area contributed by atoms with Crippen molar-refractivity contribution in [2.75, 3.05) is 31.7 Å². The van der Waals surface area contributed by atoms with Gasteiger partial charge in [-0.05, 0) is 77.3 Å². The van der Waals surface area contributed by atoms with Crippen molar-refractivity contribution in [2.45, 2.75) is 58.5 Å². The topological polar surface area (TPSA) is 216 Å². The number of nitrogens with one attached hydrogen (secondary N) is 2. The number of aryl methyl sites for hydroxylation is 1. The van der Waals surface area contributed by atoms with E-state index >= 15 is 0 Å². The van der Waals surface area contributed by atoms with Crippen LogP contribution in [0.2, 0.25) is 0 Å². The molecule has 0 unspecified atom stereocenters. The van der Waals surface area contributed by atoms with Crippen LogP contribution < -0.4 is 22.1 Å². The number of benzene rings is 1. The highest BCUT2D eigenvalue weighted by Gasteiger charge is 2.15. The van der Waals surface area contributed by atoms with Gasteiger partial charge in [-0.3, -0.25) is 14.6 Å². The van der Waals surface area contributed by atoms with Crippen molar-refractivity contribution in [3.63, 3.8) is 0 Å². The molecule has 2 amide bonds. The first-order valence-electron chi connectivity index (χ1n) is 12.9. The standard InChI is InChI=1S/C25H36N8O4.C2H4O2/c1-25(2,3)37-24(36)31-14-8-7-13-30-22(35)17-11-10-16(15-18(17)34)9-5-6-12-29-21-19(28-4)20(26)32-23(27)33-21;1-4-2-3/h10-12,15,34H,4-9,13-14H2,1-3H3,(H,30,35)(H,31,36)(H4,26,27,32,33);2H,1H3. The van der Waals surface area contributed by atoms with E-state index in [9.17, 15) is 14.7 Å². The molecule has 0 fully saturated rings. The number of aromatic nitrogens is 2. The number of nitrogen functional groups attached to an aromatic ring is 2. The lowest BCUT2D eigenvalue weighted by Gasteiger charge is -2.19. The summed E-state index contributed by atoms with van der Waals surface area (Å²) in [5, 5.41) is 15.8. The van der Waals surface area contributed by atoms with Crippen molar-refractivity contribution in [3.8, 4) is 5.75 Å². The molecular weight excluding hydrogens is 532 g/mol. The number of methoxy groups -OCH3 is 1. The number of nitrogens with zero attached hydrogens (tertiary/aromatic N) is 4. The summed E-state index contributed by atoms with van der Waals surface area (Å²) in [4.78, 5) is 48.8. The molecule has 0 saturated carbocycles. The molecule has 0 radical (unpaired) electrons. The lowest BCUT2D eigenvalue weighted by Crippen LogP contribution is -2.33. The van der Waals surface area contributed by atoms with Crippen molar-refractivity contribution in [3.05, 3.63) is 29.3 Å². The van der Waals surface area contributed by atoms with Gasteiger partial charge in [0.1, 0.15) is 17.0 Å². The average molecular weight is 573 g/mol. The predicted molar refractivity (Wildman–Crippen MR) is 158 cm³/mol. The van der Waals surface area contributed by atoms with Gasteiger partial charge in [0.2, 0.25) is 5.95 Å². The Labute approximate surface area is 239 Å². The van der Waals surface area contributed by atoms with E-state index in [0.29, 0.717) is 45.2 Å². The number of ether oxygens (including phenoxy) is 2. The first kappa shape index (κ1) is 34.3. The van der Waals surface area contributed by atoms with Gasteiger partial charge in [0.25, 0.3) is 12.4 Å². The lowest BCUT2D eigenvalue weighted by atomic mass is 10.0. The zero-order valence-corrected chi connectivity index (χ0v) is 24.0. The zero-order valence-electron chi connectivity index (χ0n) is 24.0. The number of aliphatic imine (C=N–C) groups is 2. The lowest BCUT2D eigenvalue weighted by molar-refractivity contribution is -0.126. The monoisotopic (exact) mass is 572 g/mol. The van der Waals surface area contributed by atoms with E-state index in [1.807, 2.05) is 6.07 Å². The number of alkyl carbamates (subject to hydrolysis) is 1. The van der Waals surface area contributed by atoms with Crippen LogP contribution in [0.5, 0.6) is 5.75 Å². The minimum Gasteiger partial charge on any atom is -0.507 e. The molecule has 0 atom stereocenters. The van der Waals surface area contributed by atoms with Crippen molar-refractivity contribution >= 4 is 54.7 Å². The number of anilines is 2. The second-order valence-electron chi connectivity index (χ2n) is 9.58. The summed E-state index contributed by atoms with van der Waals surface area (Å²) in [5.74, 6) is -0.0566. The molecule has 0 spiro atoms. The SMILES string of the molecule is C=Nc1c(N)nc(N)nc1N=CCCCc1ccc(C(=O)NCCCCNC(=O)OC(C)(C)C)c(O)c1.COC=O. The molecule has 14 nitrogen and oxygen atoms in total. The number of aromatic hydroxyl groups is 1. The normalized spacial score (nSPS) is 10.7. The number of nitrogens with two attached hydrogens (primary N) is 2. The molecule has 2 aromatic rings. The van der Waals surface area contributed by atoms with Gasteiger partial charge >= 0.3 is 6.09 Å². The first-order chi connectivity index (χ1) is 19.4. The Kier molecular flexibility index (Phi) is 14.8. The van der Waals surface area contributed by atoms with E-state index < -0.39 is 11.7 Å². The third-order valence-corrected chi connectivity index (χ3v) is 5.04. The van der Waals surface area contributed by atoms with Gasteiger partial charge in [-0.25, -0.2) is 9.79 Å². The third kappa shape index (κ3) is 13.7. The van der Waals surface area contributed by atoms with Crippen LogP contribution >= 0.6 is 0 Å². The van der Waals surface area contributed by atoms with Gasteiger partial charge in [-0.2, -0.15) is 9.97 Å². The number of hydrogen-bond donors (Lipinski definition) is 5. The number of amides is 2. The van der Waals surface area contributed by atoms with E-state index in [-0.39, 0.29) is 40.5 Å². The summed E-state index contributed by atoms with van der Waals surface area (Å²) in [6.07, 6.45) is 4.62. The Hall–Kier alpha value is -4.75. The molecule has 41 heavy (non-hydrogen) atoms. The number of phenols is 1. The maximum atomic E-state index is 12.4. The van der Waals surface area contributed by atoms with Crippen LogP contribution in [0.25, 0.3) is 0 Å². The largest absolute Gasteiger partial charge is 0.507 e. The molecular formula is C27H40N8O6. The van der Waals surface area contributed by atoms with Crippen LogP contribution in [0.1, 0.15) is 62.4 Å². The number of unbranched alkanes of at least 4 members (excludes halogenated alkanes) is 2. The fourth-order valence-electron chi connectivity index (χ4n) is 3.24. The average Bonchev–Trinajstić information content (AvgIpc) is 2.89. The van der Waals surface area contributed by atoms with E-state index in [2.05, 4.69) is 42.0 Å². The predicted octanol–water partition coefficient (Wildman–Crippen LogP) is 3.23. The fourth-order valence-corrected chi connectivity index (χ4v) is 3.24. The summed E-state index contributed by atoms with van der Waals surface area (Å²) in [5.41, 5.74) is 12.2. The molecule has 224 valence electrons. The molecule has 1 aromatic heterocycles. The summed E-state index contributed by atoms with van der Waals surface area (Å²) in [7, 11) is 1.31. The number of rotatable bonds is 13. The molecule has 0 aliphatic rings. The van der Waals surface area contributed by atoms with Crippen LogP contribution in [0.3, 0.4) is 0 Å². The van der Waals surface area contributed by atoms with Gasteiger partial charge < -0.3 is 36.7 Å². The maximum Gasteiger partial charge on any atom is 0.407 e. The van der Waals surface area contributed by atoms with Crippen LogP contribution in [-0.2, 0) is 20.7 Å². The van der Waals surface area contributed by atoms with Gasteiger partial charge in [0.05, 0.1) is 12.7 Å². The van der Waals surface area contributed by atoms with Crippen LogP contribution in [0.4, 0.5) is 28.1 Å². The van der Waals surface area contributed by atoms with Gasteiger partial charge in [0, 0.05) is 19.3 Å². The van der Waals surface area contributed by atoms with Crippen molar-refractivity contribution in [1.82, 2.24) is 20.6 Å². The van der Waals surface area contributed by atoms with Gasteiger partial charge in [-0.15, -0.1) is 0 Å². The summed E-state index contributed by atoms with van der Waals surface area (Å²) >= 11 is 0. The number of phenolic OH excluding ortho intramolecular Hbond substituents is 1. The number of carbonyl (C=O) groups is 3. The number of carbonyl (C=O) groups excluding carboxylic acids is 3. The molecule has 2 rings (SSSR count). The molecule has 1 heterocycles. The molecule has 7 N–H and O–H groups in total. The molecule has 0 aliphatic heterocycles. The first-order valence-corrected chi connectivity index (χ1v) is 12.9. The third-order valence-electron chi connectivity index (χ3n) is 5.04. The van der Waals surface area contributed by atoms with Crippen molar-refractivity contribution in [2.24, 2.45) is 9.98 Å². The van der Waals surface area contributed by atoms with Crippen LogP contribution in [0, 0.1) is 0 Å². The highest BCUT2D eigenvalue weighted by Crippen LogP contribution is 2.30. The summed E-state index contributed by atoms with van der Waals surface area (Å²) in [6, 6.07) is 5.00. The second-order valence-corrected chi connectivity index (χ2v) is 9.58. The number of hydrogen-bond acceptors (Lipinski definition) is 12. The smallest absolute Gasteiger partial charge is 0.407 e. The molecule has 14 heteroatoms. The maximum absolute atomic E-state index is 12.4. The van der Waals surface area contributed by atoms with Crippen molar-refractivity contribution in [1.29, 1.82) is 0 Å². The minimum atomic E-state index is -0.541. The van der Waals surface area contributed by atoms with E-state index in [1.54, 1.807) is 39.1 Å². The van der Waals surface area contributed by atoms with E-state index in [0.717, 1.165) is 12.0 Å². The summed E-state index contributed by atoms with van der Waals surface area (Å²) in [6.45, 7) is 10.1. The Morgan fingerprint density at radius 3 is 2.37 bits per heavy atom. The zero-order chi connectivity index (χ0) is 30.8. The van der Waals surface area contributed by atoms with Gasteiger partial charge in [0.15, 0.2) is 11.6 Å². The molecule has 0 bridgehead atoms. The molecule has 0 saturated heterocycles. The Bertz CT molecular complexity index is 1200. The Morgan fingerprint density at radius 2 is 1.78 bits per heavy atom. The van der Waals surface area contributed by atoms with Crippen molar-refractivity contribution < 1.29 is 29.0 Å². The van der Waals surface area contributed by atoms with E-state index in [1.165, 1.54) is 7.11 Å². The molecule has 0 aliphatic carbocycles. The highest BCUT2D eigenvalue weighted by atomic mass is 16.6. The van der Waals surface area contributed by atoms with Crippen LogP contribution in [-0.4, -0.2) is 72.3 Å². The van der Waals surface area contributed by atoms with Gasteiger partial charge in [-0.1, -0.05) is 6.07 Å². The summed E-state index contributed by atoms with van der Waals surface area (Å²) < 4.78 is 9.02. The Morgan fingerprint density at radius 1 is 1.12 bits per heavy atom. The highest BCUT2D eigenvalue weighted by molar-refractivity contribution is 5.96. The second kappa shape index (κ2) is 17.8. The van der Waals surface area contributed by atoms with E-state index in [4.69, 9.17) is 21.0 Å². The minimum absolute atomic E-state index is 0.00635. The Balaban J connectivity index is 0.00000196. The van der Waals surface area contributed by atoms with Crippen LogP contribution in [0.15, 0.2) is 28.2 Å².